The fraction of sp³-hybridized carbons (Fsp3) is 0.125. The number of hydrogen-bond acceptors (Lipinski definition) is 2. The summed E-state index contributed by atoms with van der Waals surface area (Å²) in [7, 11) is 0. The third-order valence-corrected chi connectivity index (χ3v) is 3.51. The fourth-order valence-electron chi connectivity index (χ4n) is 2.28. The van der Waals surface area contributed by atoms with Gasteiger partial charge in [-0.3, -0.25) is 0 Å². The quantitative estimate of drug-likeness (QED) is 0.744. The Morgan fingerprint density at radius 1 is 1.11 bits per heavy atom. The zero-order valence-electron chi connectivity index (χ0n) is 10.6. The van der Waals surface area contributed by atoms with Gasteiger partial charge >= 0.3 is 0 Å². The number of aryl methyl sites for hydroxylation is 1. The van der Waals surface area contributed by atoms with E-state index in [0.29, 0.717) is 6.54 Å². The molecule has 3 rings (SSSR count). The summed E-state index contributed by atoms with van der Waals surface area (Å²) in [5.41, 5.74) is 9.87. The lowest BCUT2D eigenvalue weighted by Gasteiger charge is -2.04. The Kier molecular flexibility index (Phi) is 3.05. The summed E-state index contributed by atoms with van der Waals surface area (Å²) < 4.78 is 5.87. The van der Waals surface area contributed by atoms with Gasteiger partial charge in [0.25, 0.3) is 0 Å². The molecular formula is C16H14ClNO. The molecule has 2 aromatic carbocycles. The van der Waals surface area contributed by atoms with Gasteiger partial charge in [-0.1, -0.05) is 29.8 Å². The Morgan fingerprint density at radius 3 is 2.68 bits per heavy atom. The van der Waals surface area contributed by atoms with E-state index in [1.165, 1.54) is 0 Å². The largest absolute Gasteiger partial charge is 0.456 e. The van der Waals surface area contributed by atoms with E-state index in [4.69, 9.17) is 21.8 Å². The smallest absolute Gasteiger partial charge is 0.135 e. The van der Waals surface area contributed by atoms with Crippen molar-refractivity contribution in [1.82, 2.24) is 0 Å². The predicted molar refractivity (Wildman–Crippen MR) is 79.3 cm³/mol. The molecule has 1 heterocycles. The molecule has 3 aromatic rings. The van der Waals surface area contributed by atoms with Crippen LogP contribution in [0.2, 0.25) is 5.02 Å². The van der Waals surface area contributed by atoms with Crippen molar-refractivity contribution < 1.29 is 4.42 Å². The van der Waals surface area contributed by atoms with E-state index in [0.717, 1.165) is 38.4 Å². The summed E-state index contributed by atoms with van der Waals surface area (Å²) in [5, 5.41) is 1.74. The van der Waals surface area contributed by atoms with Crippen molar-refractivity contribution in [3.63, 3.8) is 0 Å². The maximum absolute atomic E-state index is 5.99. The molecule has 2 nitrogen and oxygen atoms in total. The Balaban J connectivity index is 2.13. The second-order valence-corrected chi connectivity index (χ2v) is 5.08. The number of rotatable bonds is 2. The van der Waals surface area contributed by atoms with Gasteiger partial charge in [0.1, 0.15) is 11.3 Å². The Labute approximate surface area is 116 Å². The molecule has 2 N–H and O–H groups in total. The highest BCUT2D eigenvalue weighted by atomic mass is 35.5. The average Bonchev–Trinajstić information content (AvgIpc) is 2.81. The minimum atomic E-state index is 0.552. The van der Waals surface area contributed by atoms with Crippen LogP contribution in [0.15, 0.2) is 46.9 Å². The Morgan fingerprint density at radius 2 is 1.95 bits per heavy atom. The number of hydrogen-bond donors (Lipinski definition) is 1. The molecule has 0 fully saturated rings. The molecule has 0 saturated carbocycles. The zero-order chi connectivity index (χ0) is 13.4. The molecule has 0 aliphatic rings. The van der Waals surface area contributed by atoms with Crippen LogP contribution in [-0.4, -0.2) is 0 Å². The van der Waals surface area contributed by atoms with Crippen LogP contribution in [0.25, 0.3) is 22.3 Å². The number of nitrogens with two attached hydrogens (primary N) is 1. The first-order valence-corrected chi connectivity index (χ1v) is 6.54. The third-order valence-electron chi connectivity index (χ3n) is 3.27. The molecule has 1 aromatic heterocycles. The first-order chi connectivity index (χ1) is 9.17. The Bertz CT molecular complexity index is 746. The van der Waals surface area contributed by atoms with Crippen LogP contribution in [0, 0.1) is 6.92 Å². The molecule has 0 bridgehead atoms. The van der Waals surface area contributed by atoms with Crippen molar-refractivity contribution in [2.24, 2.45) is 5.73 Å². The summed E-state index contributed by atoms with van der Waals surface area (Å²) in [4.78, 5) is 0. The van der Waals surface area contributed by atoms with E-state index >= 15 is 0 Å². The van der Waals surface area contributed by atoms with Gasteiger partial charge in [0.2, 0.25) is 0 Å². The lowest BCUT2D eigenvalue weighted by molar-refractivity contribution is 0.631. The molecule has 0 saturated heterocycles. The molecule has 19 heavy (non-hydrogen) atoms. The third kappa shape index (κ3) is 2.25. The van der Waals surface area contributed by atoms with Crippen molar-refractivity contribution in [2.45, 2.75) is 13.5 Å². The van der Waals surface area contributed by atoms with Crippen molar-refractivity contribution in [3.8, 4) is 11.3 Å². The van der Waals surface area contributed by atoms with E-state index in [9.17, 15) is 0 Å². The lowest BCUT2D eigenvalue weighted by atomic mass is 10.0. The maximum atomic E-state index is 5.99. The van der Waals surface area contributed by atoms with Gasteiger partial charge in [-0.05, 0) is 42.3 Å². The van der Waals surface area contributed by atoms with Crippen LogP contribution in [-0.2, 0) is 6.54 Å². The molecule has 0 aliphatic carbocycles. The normalized spacial score (nSPS) is 11.1. The van der Waals surface area contributed by atoms with Gasteiger partial charge in [-0.2, -0.15) is 0 Å². The van der Waals surface area contributed by atoms with E-state index in [1.54, 1.807) is 0 Å². The maximum Gasteiger partial charge on any atom is 0.135 e. The number of furan rings is 1. The number of fused-ring (bicyclic) bond motifs is 1. The predicted octanol–water partition coefficient (Wildman–Crippen LogP) is 4.52. The van der Waals surface area contributed by atoms with Crippen LogP contribution in [0.3, 0.4) is 0 Å². The molecule has 0 amide bonds. The molecular weight excluding hydrogens is 258 g/mol. The molecule has 0 aliphatic heterocycles. The second kappa shape index (κ2) is 4.72. The summed E-state index contributed by atoms with van der Waals surface area (Å²) in [6.45, 7) is 2.62. The van der Waals surface area contributed by atoms with Gasteiger partial charge in [0.05, 0.1) is 0 Å². The highest BCUT2D eigenvalue weighted by Crippen LogP contribution is 2.31. The summed E-state index contributed by atoms with van der Waals surface area (Å²) in [5.74, 6) is 0.860. The summed E-state index contributed by atoms with van der Waals surface area (Å²) >= 11 is 5.99. The van der Waals surface area contributed by atoms with Crippen LogP contribution in [0.1, 0.15) is 11.1 Å². The first-order valence-electron chi connectivity index (χ1n) is 6.16. The minimum absolute atomic E-state index is 0.552. The molecule has 0 radical (unpaired) electrons. The molecule has 3 heteroatoms. The summed E-state index contributed by atoms with van der Waals surface area (Å²) in [6.07, 6.45) is 0. The van der Waals surface area contributed by atoms with Gasteiger partial charge in [0.15, 0.2) is 0 Å². The molecule has 0 atom stereocenters. The fourth-order valence-corrected chi connectivity index (χ4v) is 2.46. The minimum Gasteiger partial charge on any atom is -0.456 e. The number of benzene rings is 2. The molecule has 0 spiro atoms. The van der Waals surface area contributed by atoms with Crippen molar-refractivity contribution in [1.29, 1.82) is 0 Å². The van der Waals surface area contributed by atoms with Gasteiger partial charge in [-0.15, -0.1) is 0 Å². The van der Waals surface area contributed by atoms with Gasteiger partial charge < -0.3 is 10.2 Å². The highest BCUT2D eigenvalue weighted by Gasteiger charge is 2.09. The van der Waals surface area contributed by atoms with Crippen molar-refractivity contribution >= 4 is 22.6 Å². The van der Waals surface area contributed by atoms with E-state index in [1.807, 2.05) is 30.3 Å². The standard InChI is InChI=1S/C16H14ClNO/c1-10-6-11(9-18)2-4-14(10)16-8-12-7-13(17)3-5-15(12)19-16/h2-8H,9,18H2,1H3. The van der Waals surface area contributed by atoms with Crippen LogP contribution >= 0.6 is 11.6 Å². The summed E-state index contributed by atoms with van der Waals surface area (Å²) in [6, 6.07) is 13.8. The average molecular weight is 272 g/mol. The van der Waals surface area contributed by atoms with Crippen LogP contribution < -0.4 is 5.73 Å². The van der Waals surface area contributed by atoms with Crippen LogP contribution in [0.4, 0.5) is 0 Å². The lowest BCUT2D eigenvalue weighted by Crippen LogP contribution is -1.96. The highest BCUT2D eigenvalue weighted by molar-refractivity contribution is 6.31. The topological polar surface area (TPSA) is 39.2 Å². The van der Waals surface area contributed by atoms with E-state index < -0.39 is 0 Å². The van der Waals surface area contributed by atoms with Crippen LogP contribution in [0.5, 0.6) is 0 Å². The number of halogens is 1. The van der Waals surface area contributed by atoms with E-state index in [2.05, 4.69) is 19.1 Å². The van der Waals surface area contributed by atoms with Gasteiger partial charge in [-0.25, -0.2) is 0 Å². The van der Waals surface area contributed by atoms with Gasteiger partial charge in [0, 0.05) is 22.5 Å². The zero-order valence-corrected chi connectivity index (χ0v) is 11.4. The van der Waals surface area contributed by atoms with E-state index in [-0.39, 0.29) is 0 Å². The van der Waals surface area contributed by atoms with Crippen molar-refractivity contribution in [2.75, 3.05) is 0 Å². The molecule has 0 unspecified atom stereocenters. The SMILES string of the molecule is Cc1cc(CN)ccc1-c1cc2cc(Cl)ccc2o1. The first kappa shape index (κ1) is 12.3. The Hall–Kier alpha value is -1.77. The monoisotopic (exact) mass is 271 g/mol. The molecule has 96 valence electrons. The second-order valence-electron chi connectivity index (χ2n) is 4.65. The van der Waals surface area contributed by atoms with Crippen molar-refractivity contribution in [3.05, 3.63) is 58.6 Å².